The van der Waals surface area contributed by atoms with Crippen molar-refractivity contribution in [3.05, 3.63) is 116 Å². The summed E-state index contributed by atoms with van der Waals surface area (Å²) in [7, 11) is 3.24. The van der Waals surface area contributed by atoms with Crippen molar-refractivity contribution >= 4 is 79.9 Å². The first-order valence-corrected chi connectivity index (χ1v) is 27.3. The molecule has 4 aromatic heterocycles. The molecule has 0 radical (unpaired) electrons. The first-order valence-electron chi connectivity index (χ1n) is 23.6. The highest BCUT2D eigenvalue weighted by molar-refractivity contribution is 8.01. The predicted molar refractivity (Wildman–Crippen MR) is 279 cm³/mol. The fourth-order valence-electron chi connectivity index (χ4n) is 9.46. The highest BCUT2D eigenvalue weighted by atomic mass is 32.2. The maximum absolute atomic E-state index is 13.1. The molecule has 0 amide bonds. The smallest absolute Gasteiger partial charge is 0.312 e. The first-order chi connectivity index (χ1) is 33.0. The molecule has 2 aliphatic heterocycles. The van der Waals surface area contributed by atoms with Crippen molar-refractivity contribution in [3.63, 3.8) is 0 Å². The molecule has 6 heterocycles. The summed E-state index contributed by atoms with van der Waals surface area (Å²) in [6, 6.07) is 26.8. The van der Waals surface area contributed by atoms with Gasteiger partial charge in [-0.2, -0.15) is 0 Å². The van der Waals surface area contributed by atoms with E-state index in [1.165, 1.54) is 8.42 Å². The lowest BCUT2D eigenvalue weighted by atomic mass is 9.74. The van der Waals surface area contributed by atoms with Gasteiger partial charge < -0.3 is 38.3 Å². The van der Waals surface area contributed by atoms with Crippen LogP contribution in [0.5, 0.6) is 11.5 Å². The van der Waals surface area contributed by atoms with Gasteiger partial charge in [0.05, 0.1) is 51.1 Å². The largest absolute Gasteiger partial charge is 0.497 e. The van der Waals surface area contributed by atoms with E-state index >= 15 is 0 Å². The number of piperidine rings is 2. The van der Waals surface area contributed by atoms with Gasteiger partial charge in [0.15, 0.2) is 0 Å². The summed E-state index contributed by atoms with van der Waals surface area (Å²) in [6.45, 7) is 8.73. The number of aromatic nitrogens is 2. The van der Waals surface area contributed by atoms with Crippen molar-refractivity contribution < 1.29 is 28.9 Å². The third-order valence-corrected chi connectivity index (χ3v) is 17.8. The van der Waals surface area contributed by atoms with Crippen LogP contribution in [0.1, 0.15) is 58.3 Å². The zero-order chi connectivity index (χ0) is 47.9. The van der Waals surface area contributed by atoms with Gasteiger partial charge in [-0.3, -0.25) is 19.2 Å². The van der Waals surface area contributed by atoms with E-state index in [9.17, 15) is 24.3 Å². The Hall–Kier alpha value is -4.58. The van der Waals surface area contributed by atoms with Crippen LogP contribution in [0.15, 0.2) is 114 Å². The number of pyridine rings is 2. The second-order valence-corrected chi connectivity index (χ2v) is 22.2. The lowest BCUT2D eigenvalue weighted by Crippen LogP contribution is -2.46. The molecule has 68 heavy (non-hydrogen) atoms. The molecule has 0 bridgehead atoms. The van der Waals surface area contributed by atoms with Gasteiger partial charge in [0.2, 0.25) is 0 Å². The molecule has 364 valence electrons. The Morgan fingerprint density at radius 3 is 1.49 bits per heavy atom. The number of carbonyl (C=O) groups is 2. The second kappa shape index (κ2) is 24.8. The van der Waals surface area contributed by atoms with Crippen LogP contribution < -0.4 is 20.6 Å². The summed E-state index contributed by atoms with van der Waals surface area (Å²) in [6.07, 6.45) is 5.60. The molecule has 6 aromatic rings. The highest BCUT2D eigenvalue weighted by Gasteiger charge is 2.42. The summed E-state index contributed by atoms with van der Waals surface area (Å²) < 4.78 is 22.4. The number of methoxy groups -OCH3 is 2. The molecular formula is C52H64N4O8S4. The Bertz CT molecular complexity index is 2670. The Morgan fingerprint density at radius 1 is 0.632 bits per heavy atom. The third kappa shape index (κ3) is 13.2. The van der Waals surface area contributed by atoms with Crippen LogP contribution in [-0.4, -0.2) is 108 Å². The average molecular weight is 1000 g/mol. The lowest BCUT2D eigenvalue weighted by Gasteiger charge is -2.40. The number of aliphatic carboxylic acids is 1. The van der Waals surface area contributed by atoms with E-state index in [1.54, 1.807) is 58.2 Å². The molecule has 0 spiro atoms. The molecule has 2 aliphatic rings. The minimum Gasteiger partial charge on any atom is -0.497 e. The SMILES string of the molecule is CCOC(=O)C1(CCCn2c(=O)ccc3ccc(OC)cc32)CCN(CCSc2cccs2)CC1.COc1ccc2ccc(=O)n(CCCC3(C(=O)O)CCN(CCSc4cccs4)CC3)c2c1. The fourth-order valence-corrected chi connectivity index (χ4v) is 13.2. The van der Waals surface area contributed by atoms with Gasteiger partial charge in [-0.15, -0.1) is 46.2 Å². The van der Waals surface area contributed by atoms with Gasteiger partial charge in [0.1, 0.15) is 11.5 Å². The number of hydrogen-bond donors (Lipinski definition) is 1. The lowest BCUT2D eigenvalue weighted by molar-refractivity contribution is -0.159. The topological polar surface area (TPSA) is 133 Å². The number of thioether (sulfide) groups is 2. The standard InChI is InChI=1S/C27H34N2O4S2.C25H30N2O4S2/c1-3-33-26(31)27(12-15-28(16-13-27)17-19-35-25-6-4-18-34-25)11-5-14-29-23-20-22(32-2)9-7-21(23)8-10-24(29)30;1-31-20-7-5-19-6-8-22(28)27(21(19)18-20)12-3-9-25(24(29)30)10-13-26(14-11-25)15-17-33-23-4-2-16-32-23/h4,6-10,18,20H,3,5,11-17,19H2,1-2H3;2,4-8,16,18H,3,9-15,17H2,1H3,(H,29,30). The molecule has 12 nitrogen and oxygen atoms in total. The zero-order valence-electron chi connectivity index (χ0n) is 39.4. The minimum absolute atomic E-state index is 0.0333. The number of benzene rings is 2. The number of esters is 1. The predicted octanol–water partition coefficient (Wildman–Crippen LogP) is 10.1. The van der Waals surface area contributed by atoms with E-state index in [0.29, 0.717) is 51.1 Å². The molecule has 16 heteroatoms. The van der Waals surface area contributed by atoms with Gasteiger partial charge in [-0.05, 0) is 155 Å². The first kappa shape index (κ1) is 51.3. The van der Waals surface area contributed by atoms with E-state index in [2.05, 4.69) is 44.8 Å². The molecule has 8 rings (SSSR count). The third-order valence-electron chi connectivity index (χ3n) is 13.6. The van der Waals surface area contributed by atoms with Crippen molar-refractivity contribution in [2.45, 2.75) is 79.8 Å². The molecule has 0 unspecified atom stereocenters. The minimum atomic E-state index is -0.706. The Kier molecular flexibility index (Phi) is 18.7. The molecular weight excluding hydrogens is 937 g/mol. The van der Waals surface area contributed by atoms with Crippen LogP contribution in [0.4, 0.5) is 0 Å². The van der Waals surface area contributed by atoms with Crippen LogP contribution in [0, 0.1) is 10.8 Å². The quantitative estimate of drug-likeness (QED) is 0.0544. The fraction of sp³-hybridized carbons (Fsp3) is 0.462. The number of likely N-dealkylation sites (tertiary alicyclic amines) is 2. The van der Waals surface area contributed by atoms with E-state index in [-0.39, 0.29) is 17.1 Å². The molecule has 2 aromatic carbocycles. The van der Waals surface area contributed by atoms with Crippen molar-refractivity contribution in [1.29, 1.82) is 0 Å². The summed E-state index contributed by atoms with van der Waals surface area (Å²) in [5.74, 6) is 2.72. The number of aryl methyl sites for hydroxylation is 2. The number of carboxylic acid groups (broad SMARTS) is 1. The van der Waals surface area contributed by atoms with Crippen molar-refractivity contribution in [1.82, 2.24) is 18.9 Å². The number of fused-ring (bicyclic) bond motifs is 2. The number of thiophene rings is 2. The summed E-state index contributed by atoms with van der Waals surface area (Å²) >= 11 is 7.30. The average Bonchev–Trinajstić information content (AvgIpc) is 4.09. The van der Waals surface area contributed by atoms with E-state index in [1.807, 2.05) is 79.0 Å². The zero-order valence-corrected chi connectivity index (χ0v) is 42.7. The number of hydrogen-bond acceptors (Lipinski definition) is 13. The second-order valence-electron chi connectivity index (χ2n) is 17.5. The van der Waals surface area contributed by atoms with E-state index < -0.39 is 16.8 Å². The number of carbonyl (C=O) groups excluding carboxylic acids is 1. The number of ether oxygens (including phenoxy) is 3. The van der Waals surface area contributed by atoms with Crippen molar-refractivity contribution in [2.24, 2.45) is 10.8 Å². The number of rotatable bonds is 21. The molecule has 2 fully saturated rings. The van der Waals surface area contributed by atoms with Crippen LogP contribution in [0.25, 0.3) is 21.8 Å². The summed E-state index contributed by atoms with van der Waals surface area (Å²) in [5, 5.41) is 16.2. The van der Waals surface area contributed by atoms with Gasteiger partial charge >= 0.3 is 11.9 Å². The molecule has 2 saturated heterocycles. The maximum Gasteiger partial charge on any atom is 0.312 e. The van der Waals surface area contributed by atoms with Crippen LogP contribution in [-0.2, 0) is 27.4 Å². The summed E-state index contributed by atoms with van der Waals surface area (Å²) in [5.41, 5.74) is 0.402. The van der Waals surface area contributed by atoms with Gasteiger partial charge in [0.25, 0.3) is 11.1 Å². The number of nitrogens with zero attached hydrogens (tertiary/aromatic N) is 4. The molecule has 0 aliphatic carbocycles. The van der Waals surface area contributed by atoms with Crippen LogP contribution >= 0.6 is 46.2 Å². The number of carboxylic acids is 1. The Labute approximate surface area is 415 Å². The molecule has 0 atom stereocenters. The van der Waals surface area contributed by atoms with Crippen molar-refractivity contribution in [2.75, 3.05) is 71.6 Å². The van der Waals surface area contributed by atoms with Gasteiger partial charge in [-0.25, -0.2) is 0 Å². The highest BCUT2D eigenvalue weighted by Crippen LogP contribution is 2.39. The molecule has 0 saturated carbocycles. The van der Waals surface area contributed by atoms with Crippen LogP contribution in [0.3, 0.4) is 0 Å². The maximum atomic E-state index is 13.1. The van der Waals surface area contributed by atoms with Gasteiger partial charge in [-0.1, -0.05) is 12.1 Å². The monoisotopic (exact) mass is 1000 g/mol. The van der Waals surface area contributed by atoms with Gasteiger partial charge in [0, 0.05) is 62.0 Å². The summed E-state index contributed by atoms with van der Waals surface area (Å²) in [4.78, 5) is 55.4. The molecule has 1 N–H and O–H groups in total. The van der Waals surface area contributed by atoms with E-state index in [0.717, 1.165) is 104 Å². The van der Waals surface area contributed by atoms with Crippen molar-refractivity contribution in [3.8, 4) is 11.5 Å². The van der Waals surface area contributed by atoms with E-state index in [4.69, 9.17) is 14.2 Å². The normalized spacial score (nSPS) is 16.0. The Balaban J connectivity index is 0.000000202. The van der Waals surface area contributed by atoms with Crippen LogP contribution in [0.2, 0.25) is 0 Å². The Morgan fingerprint density at radius 2 is 1.07 bits per heavy atom.